The maximum Gasteiger partial charge on any atom is 0.220 e. The molecule has 1 fully saturated rings. The smallest absolute Gasteiger partial charge is 0.220 e. The SMILES string of the molecule is Cc1ccc(C(=O)CCCCC(=O)NC(CN2CCCC2)C(O)c2ccc3c(c2)OCCO3)cc1. The minimum Gasteiger partial charge on any atom is -0.486 e. The van der Waals surface area contributed by atoms with Gasteiger partial charge in [-0.25, -0.2) is 0 Å². The van der Waals surface area contributed by atoms with Crippen LogP contribution in [0.4, 0.5) is 0 Å². The number of benzene rings is 2. The van der Waals surface area contributed by atoms with Crippen LogP contribution in [0, 0.1) is 6.92 Å². The number of hydrogen-bond donors (Lipinski definition) is 2. The highest BCUT2D eigenvalue weighted by Crippen LogP contribution is 2.33. The van der Waals surface area contributed by atoms with Crippen LogP contribution in [0.25, 0.3) is 0 Å². The molecular weight excluding hydrogens is 444 g/mol. The Morgan fingerprint density at radius 2 is 1.66 bits per heavy atom. The third-order valence-electron chi connectivity index (χ3n) is 6.72. The topological polar surface area (TPSA) is 88.1 Å². The molecule has 188 valence electrons. The number of hydrogen-bond acceptors (Lipinski definition) is 6. The first-order valence-corrected chi connectivity index (χ1v) is 12.7. The van der Waals surface area contributed by atoms with Gasteiger partial charge >= 0.3 is 0 Å². The second-order valence-corrected chi connectivity index (χ2v) is 9.53. The van der Waals surface area contributed by atoms with Gasteiger partial charge in [-0.1, -0.05) is 35.9 Å². The van der Waals surface area contributed by atoms with E-state index in [0.29, 0.717) is 68.1 Å². The highest BCUT2D eigenvalue weighted by molar-refractivity contribution is 5.96. The molecule has 2 aromatic rings. The summed E-state index contributed by atoms with van der Waals surface area (Å²) in [5.74, 6) is 1.30. The molecule has 35 heavy (non-hydrogen) atoms. The van der Waals surface area contributed by atoms with E-state index in [1.54, 1.807) is 6.07 Å². The number of unbranched alkanes of at least 4 members (excludes halogenated alkanes) is 1. The van der Waals surface area contributed by atoms with Crippen LogP contribution in [0.3, 0.4) is 0 Å². The zero-order valence-corrected chi connectivity index (χ0v) is 20.5. The fourth-order valence-electron chi connectivity index (χ4n) is 4.68. The third kappa shape index (κ3) is 7.05. The highest BCUT2D eigenvalue weighted by Gasteiger charge is 2.27. The van der Waals surface area contributed by atoms with Crippen LogP contribution in [-0.4, -0.2) is 60.6 Å². The van der Waals surface area contributed by atoms with Crippen LogP contribution < -0.4 is 14.8 Å². The van der Waals surface area contributed by atoms with Gasteiger partial charge in [-0.3, -0.25) is 9.59 Å². The molecular formula is C28H36N2O5. The molecule has 7 heteroatoms. The lowest BCUT2D eigenvalue weighted by Gasteiger charge is -2.29. The Morgan fingerprint density at radius 1 is 0.971 bits per heavy atom. The Kier molecular flexibility index (Phi) is 8.77. The molecule has 0 bridgehead atoms. The number of amides is 1. The molecule has 0 aliphatic carbocycles. The van der Waals surface area contributed by atoms with Gasteiger partial charge in [0, 0.05) is 24.9 Å². The van der Waals surface area contributed by atoms with E-state index in [9.17, 15) is 14.7 Å². The normalized spacial score (nSPS) is 17.1. The zero-order chi connectivity index (χ0) is 24.6. The first kappa shape index (κ1) is 25.2. The summed E-state index contributed by atoms with van der Waals surface area (Å²) >= 11 is 0. The summed E-state index contributed by atoms with van der Waals surface area (Å²) < 4.78 is 11.3. The third-order valence-corrected chi connectivity index (χ3v) is 6.72. The molecule has 2 aromatic carbocycles. The molecule has 0 aromatic heterocycles. The predicted octanol–water partition coefficient (Wildman–Crippen LogP) is 3.82. The number of carbonyl (C=O) groups excluding carboxylic acids is 2. The Balaban J connectivity index is 1.31. The molecule has 0 saturated carbocycles. The number of likely N-dealkylation sites (tertiary alicyclic amines) is 1. The van der Waals surface area contributed by atoms with Crippen molar-refractivity contribution in [2.75, 3.05) is 32.8 Å². The van der Waals surface area contributed by atoms with E-state index < -0.39 is 12.1 Å². The molecule has 2 aliphatic heterocycles. The maximum absolute atomic E-state index is 12.8. The monoisotopic (exact) mass is 480 g/mol. The Morgan fingerprint density at radius 3 is 2.40 bits per heavy atom. The van der Waals surface area contributed by atoms with Crippen molar-refractivity contribution < 1.29 is 24.2 Å². The second kappa shape index (κ2) is 12.2. The van der Waals surface area contributed by atoms with Gasteiger partial charge in [-0.15, -0.1) is 0 Å². The lowest BCUT2D eigenvalue weighted by molar-refractivity contribution is -0.123. The molecule has 4 rings (SSSR count). The fraction of sp³-hybridized carbons (Fsp3) is 0.500. The van der Waals surface area contributed by atoms with Gasteiger partial charge in [-0.2, -0.15) is 0 Å². The van der Waals surface area contributed by atoms with Crippen molar-refractivity contribution in [1.82, 2.24) is 10.2 Å². The molecule has 2 atom stereocenters. The van der Waals surface area contributed by atoms with Gasteiger partial charge in [0.05, 0.1) is 6.04 Å². The van der Waals surface area contributed by atoms with Crippen LogP contribution in [0.2, 0.25) is 0 Å². The molecule has 2 N–H and O–H groups in total. The number of carbonyl (C=O) groups is 2. The van der Waals surface area contributed by atoms with Crippen molar-refractivity contribution >= 4 is 11.7 Å². The van der Waals surface area contributed by atoms with Crippen molar-refractivity contribution in [3.63, 3.8) is 0 Å². The van der Waals surface area contributed by atoms with Crippen molar-refractivity contribution in [1.29, 1.82) is 0 Å². The molecule has 2 heterocycles. The average molecular weight is 481 g/mol. The van der Waals surface area contributed by atoms with Crippen molar-refractivity contribution in [2.24, 2.45) is 0 Å². The molecule has 0 spiro atoms. The molecule has 2 unspecified atom stereocenters. The molecule has 7 nitrogen and oxygen atoms in total. The maximum atomic E-state index is 12.8. The number of aliphatic hydroxyl groups is 1. The molecule has 1 amide bonds. The quantitative estimate of drug-likeness (QED) is 0.376. The summed E-state index contributed by atoms with van der Waals surface area (Å²) in [6.45, 7) is 5.52. The number of ketones is 1. The van der Waals surface area contributed by atoms with Gasteiger partial charge in [-0.05, 0) is 63.4 Å². The molecule has 0 radical (unpaired) electrons. The molecule has 2 aliphatic rings. The van der Waals surface area contributed by atoms with Crippen LogP contribution >= 0.6 is 0 Å². The Hall–Kier alpha value is -2.90. The largest absolute Gasteiger partial charge is 0.486 e. The summed E-state index contributed by atoms with van der Waals surface area (Å²) in [5.41, 5.74) is 2.54. The zero-order valence-electron chi connectivity index (χ0n) is 20.5. The highest BCUT2D eigenvalue weighted by atomic mass is 16.6. The minimum atomic E-state index is -0.863. The van der Waals surface area contributed by atoms with Gasteiger partial charge < -0.3 is 24.8 Å². The number of aliphatic hydroxyl groups excluding tert-OH is 1. The summed E-state index contributed by atoms with van der Waals surface area (Å²) in [6.07, 6.45) is 3.44. The number of rotatable bonds is 11. The van der Waals surface area contributed by atoms with E-state index in [0.717, 1.165) is 31.5 Å². The summed E-state index contributed by atoms with van der Waals surface area (Å²) in [4.78, 5) is 27.4. The number of ether oxygens (including phenoxy) is 2. The number of aryl methyl sites for hydroxylation is 1. The lowest BCUT2D eigenvalue weighted by atomic mass is 10.00. The van der Waals surface area contributed by atoms with E-state index >= 15 is 0 Å². The van der Waals surface area contributed by atoms with E-state index in [-0.39, 0.29) is 11.7 Å². The van der Waals surface area contributed by atoms with Gasteiger partial charge in [0.25, 0.3) is 0 Å². The lowest BCUT2D eigenvalue weighted by Crippen LogP contribution is -2.46. The van der Waals surface area contributed by atoms with Gasteiger partial charge in [0.2, 0.25) is 5.91 Å². The number of Topliss-reactive ketones (excluding diaryl/α,β-unsaturated/α-hetero) is 1. The van der Waals surface area contributed by atoms with Crippen molar-refractivity contribution in [2.45, 2.75) is 57.6 Å². The van der Waals surface area contributed by atoms with Crippen molar-refractivity contribution in [3.8, 4) is 11.5 Å². The van der Waals surface area contributed by atoms with E-state index in [4.69, 9.17) is 9.47 Å². The summed E-state index contributed by atoms with van der Waals surface area (Å²) in [6, 6.07) is 12.6. The summed E-state index contributed by atoms with van der Waals surface area (Å²) in [5, 5.41) is 14.3. The second-order valence-electron chi connectivity index (χ2n) is 9.53. The number of nitrogens with zero attached hydrogens (tertiary/aromatic N) is 1. The number of fused-ring (bicyclic) bond motifs is 1. The van der Waals surface area contributed by atoms with Crippen LogP contribution in [0.1, 0.15) is 66.1 Å². The minimum absolute atomic E-state index is 0.103. The first-order valence-electron chi connectivity index (χ1n) is 12.7. The Bertz CT molecular complexity index is 1000. The van der Waals surface area contributed by atoms with E-state index in [2.05, 4.69) is 10.2 Å². The van der Waals surface area contributed by atoms with Crippen molar-refractivity contribution in [3.05, 3.63) is 59.2 Å². The average Bonchev–Trinajstić information content (AvgIpc) is 3.39. The van der Waals surface area contributed by atoms with Crippen LogP contribution in [0.5, 0.6) is 11.5 Å². The van der Waals surface area contributed by atoms with Gasteiger partial charge in [0.15, 0.2) is 17.3 Å². The summed E-state index contributed by atoms with van der Waals surface area (Å²) in [7, 11) is 0. The van der Waals surface area contributed by atoms with Crippen LogP contribution in [-0.2, 0) is 4.79 Å². The Labute approximate surface area is 207 Å². The first-order chi connectivity index (χ1) is 17.0. The van der Waals surface area contributed by atoms with E-state index in [1.165, 1.54) is 0 Å². The fourth-order valence-corrected chi connectivity index (χ4v) is 4.68. The van der Waals surface area contributed by atoms with E-state index in [1.807, 2.05) is 43.3 Å². The van der Waals surface area contributed by atoms with Crippen LogP contribution in [0.15, 0.2) is 42.5 Å². The predicted molar refractivity (Wildman–Crippen MR) is 134 cm³/mol. The van der Waals surface area contributed by atoms with Gasteiger partial charge in [0.1, 0.15) is 19.3 Å². The standard InChI is InChI=1S/C28H36N2O5/c1-20-8-10-21(11-9-20)24(31)6-2-3-7-27(32)29-23(19-30-14-4-5-15-30)28(33)22-12-13-25-26(18-22)35-17-16-34-25/h8-13,18,23,28,33H,2-7,14-17,19H2,1H3,(H,29,32). The molecule has 1 saturated heterocycles. The number of nitrogens with one attached hydrogen (secondary N) is 1.